The molecule has 17 heavy (non-hydrogen) atoms. The van der Waals surface area contributed by atoms with Crippen LogP contribution in [0.25, 0.3) is 0 Å². The van der Waals surface area contributed by atoms with Crippen LogP contribution in [-0.4, -0.2) is 11.5 Å². The molecular weight excluding hydrogens is 257 g/mol. The molecule has 0 amide bonds. The SMILES string of the molecule is CC=C(NOCC)OP(O)(=S)c1ccccc1. The zero-order chi connectivity index (χ0) is 12.7. The maximum absolute atomic E-state index is 10.2. The molecule has 1 rings (SSSR count). The molecule has 1 aromatic rings. The molecule has 0 spiro atoms. The Kier molecular flexibility index (Phi) is 5.65. The van der Waals surface area contributed by atoms with E-state index in [9.17, 15) is 4.89 Å². The average molecular weight is 273 g/mol. The summed E-state index contributed by atoms with van der Waals surface area (Å²) in [7, 11) is 0. The highest BCUT2D eigenvalue weighted by Gasteiger charge is 2.19. The van der Waals surface area contributed by atoms with Crippen molar-refractivity contribution in [3.8, 4) is 0 Å². The fraction of sp³-hybridized carbons (Fsp3) is 0.273. The topological polar surface area (TPSA) is 50.7 Å². The number of hydroxylamine groups is 1. The third kappa shape index (κ3) is 4.48. The highest BCUT2D eigenvalue weighted by Crippen LogP contribution is 2.42. The fourth-order valence-electron chi connectivity index (χ4n) is 1.08. The quantitative estimate of drug-likeness (QED) is 0.472. The van der Waals surface area contributed by atoms with Crippen LogP contribution in [0.3, 0.4) is 0 Å². The van der Waals surface area contributed by atoms with Crippen LogP contribution in [-0.2, 0) is 21.2 Å². The third-order valence-corrected chi connectivity index (χ3v) is 4.13. The Morgan fingerprint density at radius 1 is 1.47 bits per heavy atom. The van der Waals surface area contributed by atoms with Gasteiger partial charge in [-0.1, -0.05) is 18.2 Å². The van der Waals surface area contributed by atoms with Crippen molar-refractivity contribution in [2.75, 3.05) is 6.61 Å². The summed E-state index contributed by atoms with van der Waals surface area (Å²) in [6, 6.07) is 8.96. The first-order valence-electron chi connectivity index (χ1n) is 5.22. The molecule has 0 aliphatic carbocycles. The summed E-state index contributed by atoms with van der Waals surface area (Å²) in [5.74, 6) is 0.321. The molecule has 0 bridgehead atoms. The number of benzene rings is 1. The molecule has 2 N–H and O–H groups in total. The summed E-state index contributed by atoms with van der Waals surface area (Å²) < 4.78 is 5.38. The van der Waals surface area contributed by atoms with E-state index in [0.29, 0.717) is 17.8 Å². The lowest BCUT2D eigenvalue weighted by molar-refractivity contribution is 0.0469. The first-order chi connectivity index (χ1) is 8.10. The van der Waals surface area contributed by atoms with Crippen LogP contribution in [0.1, 0.15) is 13.8 Å². The minimum absolute atomic E-state index is 0.321. The molecule has 6 heteroatoms. The molecule has 0 aliphatic heterocycles. The molecule has 0 fully saturated rings. The fourth-order valence-corrected chi connectivity index (χ4v) is 2.75. The van der Waals surface area contributed by atoms with Gasteiger partial charge in [-0.25, -0.2) is 5.48 Å². The van der Waals surface area contributed by atoms with Crippen molar-refractivity contribution in [3.05, 3.63) is 42.3 Å². The molecule has 4 nitrogen and oxygen atoms in total. The molecule has 0 aromatic heterocycles. The maximum Gasteiger partial charge on any atom is 0.267 e. The van der Waals surface area contributed by atoms with E-state index >= 15 is 0 Å². The van der Waals surface area contributed by atoms with E-state index in [2.05, 4.69) is 5.48 Å². The van der Waals surface area contributed by atoms with Gasteiger partial charge in [-0.15, -0.1) is 0 Å². The predicted octanol–water partition coefficient (Wildman–Crippen LogP) is 2.03. The van der Waals surface area contributed by atoms with Crippen molar-refractivity contribution in [3.63, 3.8) is 0 Å². The Morgan fingerprint density at radius 2 is 2.12 bits per heavy atom. The molecule has 94 valence electrons. The molecule has 0 aliphatic rings. The standard InChI is InChI=1S/C11H16NO3PS/c1-3-11(12-14-4-2)15-16(13,17)10-8-6-5-7-9-10/h3,5-9,12H,4H2,1-2H3,(H,13,17). The lowest BCUT2D eigenvalue weighted by Gasteiger charge is -2.19. The van der Waals surface area contributed by atoms with E-state index in [4.69, 9.17) is 21.2 Å². The van der Waals surface area contributed by atoms with Gasteiger partial charge in [-0.2, -0.15) is 0 Å². The maximum atomic E-state index is 10.2. The van der Waals surface area contributed by atoms with Crippen LogP contribution >= 0.6 is 6.49 Å². The summed E-state index contributed by atoms with van der Waals surface area (Å²) in [6.45, 7) is 1.06. The monoisotopic (exact) mass is 273 g/mol. The van der Waals surface area contributed by atoms with Gasteiger partial charge in [-0.05, 0) is 43.9 Å². The van der Waals surface area contributed by atoms with Gasteiger partial charge in [0.25, 0.3) is 6.49 Å². The van der Waals surface area contributed by atoms with Gasteiger partial charge in [0.05, 0.1) is 6.61 Å². The molecule has 0 radical (unpaired) electrons. The first-order valence-corrected chi connectivity index (χ1v) is 7.89. The lowest BCUT2D eigenvalue weighted by atomic mass is 10.4. The minimum atomic E-state index is -3.04. The average Bonchev–Trinajstić information content (AvgIpc) is 2.35. The summed E-state index contributed by atoms with van der Waals surface area (Å²) >= 11 is 5.11. The van der Waals surface area contributed by atoms with Crippen LogP contribution in [0.15, 0.2) is 42.3 Å². The van der Waals surface area contributed by atoms with Gasteiger partial charge in [0.2, 0.25) is 5.88 Å². The Labute approximate surface area is 106 Å². The number of nitrogens with one attached hydrogen (secondary N) is 1. The normalized spacial score (nSPS) is 15.1. The predicted molar refractivity (Wildman–Crippen MR) is 72.2 cm³/mol. The van der Waals surface area contributed by atoms with E-state index < -0.39 is 6.49 Å². The van der Waals surface area contributed by atoms with Crippen LogP contribution in [0, 0.1) is 0 Å². The van der Waals surface area contributed by atoms with Crippen molar-refractivity contribution >= 4 is 23.6 Å². The van der Waals surface area contributed by atoms with Crippen LogP contribution < -0.4 is 10.8 Å². The van der Waals surface area contributed by atoms with Gasteiger partial charge in [0, 0.05) is 5.30 Å². The molecule has 1 unspecified atom stereocenters. The van der Waals surface area contributed by atoms with Gasteiger partial charge >= 0.3 is 0 Å². The zero-order valence-electron chi connectivity index (χ0n) is 9.79. The van der Waals surface area contributed by atoms with Crippen LogP contribution in [0.2, 0.25) is 0 Å². The van der Waals surface area contributed by atoms with Crippen LogP contribution in [0.5, 0.6) is 0 Å². The highest BCUT2D eigenvalue weighted by molar-refractivity contribution is 8.13. The molecule has 0 saturated carbocycles. The summed E-state index contributed by atoms with van der Waals surface area (Å²) in [6.07, 6.45) is 1.65. The van der Waals surface area contributed by atoms with Gasteiger partial charge in [-0.3, -0.25) is 4.84 Å². The largest absolute Gasteiger partial charge is 0.423 e. The molecular formula is C11H16NO3PS. The van der Waals surface area contributed by atoms with Crippen molar-refractivity contribution in [1.29, 1.82) is 0 Å². The Bertz CT molecular complexity index is 422. The first kappa shape index (κ1) is 14.2. The van der Waals surface area contributed by atoms with E-state index in [1.807, 2.05) is 13.0 Å². The van der Waals surface area contributed by atoms with E-state index in [1.54, 1.807) is 37.3 Å². The van der Waals surface area contributed by atoms with Gasteiger partial charge in [0.15, 0.2) is 0 Å². The Balaban J connectivity index is 2.75. The Hall–Kier alpha value is -0.870. The van der Waals surface area contributed by atoms with Gasteiger partial charge in [0.1, 0.15) is 0 Å². The highest BCUT2D eigenvalue weighted by atomic mass is 32.5. The molecule has 1 aromatic carbocycles. The molecule has 0 heterocycles. The third-order valence-electron chi connectivity index (χ3n) is 1.88. The van der Waals surface area contributed by atoms with Crippen molar-refractivity contribution in [2.24, 2.45) is 0 Å². The number of rotatable bonds is 6. The second kappa shape index (κ2) is 6.77. The van der Waals surface area contributed by atoms with Gasteiger partial charge < -0.3 is 9.42 Å². The summed E-state index contributed by atoms with van der Waals surface area (Å²) in [5, 5.41) is 0.604. The van der Waals surface area contributed by atoms with Crippen molar-refractivity contribution in [1.82, 2.24) is 5.48 Å². The van der Waals surface area contributed by atoms with E-state index in [1.165, 1.54) is 0 Å². The van der Waals surface area contributed by atoms with Crippen LogP contribution in [0.4, 0.5) is 0 Å². The second-order valence-electron chi connectivity index (χ2n) is 3.14. The van der Waals surface area contributed by atoms with E-state index in [0.717, 1.165) is 0 Å². The minimum Gasteiger partial charge on any atom is -0.423 e. The Morgan fingerprint density at radius 3 is 2.65 bits per heavy atom. The molecule has 0 saturated heterocycles. The van der Waals surface area contributed by atoms with Crippen molar-refractivity contribution in [2.45, 2.75) is 13.8 Å². The summed E-state index contributed by atoms with van der Waals surface area (Å²) in [4.78, 5) is 15.1. The lowest BCUT2D eigenvalue weighted by Crippen LogP contribution is -2.17. The number of allylic oxidation sites excluding steroid dienone is 1. The number of hydrogen-bond acceptors (Lipinski definition) is 4. The number of hydrogen-bond donors (Lipinski definition) is 2. The summed E-state index contributed by atoms with van der Waals surface area (Å²) in [5.41, 5.74) is 2.58. The smallest absolute Gasteiger partial charge is 0.267 e. The van der Waals surface area contributed by atoms with Crippen molar-refractivity contribution < 1.29 is 14.3 Å². The zero-order valence-corrected chi connectivity index (χ0v) is 11.5. The van der Waals surface area contributed by atoms with E-state index in [-0.39, 0.29) is 0 Å². The molecule has 1 atom stereocenters. The second-order valence-corrected chi connectivity index (χ2v) is 6.36.